The smallest absolute Gasteiger partial charge is 0.317 e. The Morgan fingerprint density at radius 1 is 0.500 bits per heavy atom. The molecule has 0 bridgehead atoms. The third-order valence-corrected chi connectivity index (χ3v) is 3.57. The SMILES string of the molecule is [2H]C([2H])(C(=O)O)N1CCN(C([2H])([2H])C(=O)O)CCN(C([2H])([2H])C(=O)O)CCN(C([2H])([2H])C(=O)O)CC1. The maximum absolute atomic E-state index is 11.5. The highest BCUT2D eigenvalue weighted by molar-refractivity contribution is 5.70. The van der Waals surface area contributed by atoms with E-state index in [-0.39, 0.29) is 0 Å². The molecule has 160 valence electrons. The number of hydrogen-bond donors (Lipinski definition) is 4. The standard InChI is InChI=1S/C16H28N4O8/c21-13(22)9-17-1-2-18(10-14(23)24)5-6-20(12-16(27)28)8-7-19(4-3-17)11-15(25)26/h1-12H2,(H,21,22)(H,23,24)(H,25,26)(H,27,28)/i9D2,10D2,11D2,12D2. The molecule has 1 heterocycles. The Hall–Kier alpha value is -2.28. The second-order valence-corrected chi connectivity index (χ2v) is 5.62. The largest absolute Gasteiger partial charge is 0.480 e. The number of nitrogens with zero attached hydrogens (tertiary/aromatic N) is 4. The summed E-state index contributed by atoms with van der Waals surface area (Å²) in [5.74, 6) is -7.79. The quantitative estimate of drug-likeness (QED) is 0.333. The number of carbonyl (C=O) groups is 4. The van der Waals surface area contributed by atoms with Crippen molar-refractivity contribution in [1.82, 2.24) is 19.6 Å². The summed E-state index contributed by atoms with van der Waals surface area (Å²) in [5, 5.41) is 37.2. The molecule has 1 aliphatic rings. The van der Waals surface area contributed by atoms with Gasteiger partial charge in [-0.2, -0.15) is 0 Å². The first kappa shape index (κ1) is 13.8. The Morgan fingerprint density at radius 3 is 0.750 bits per heavy atom. The van der Waals surface area contributed by atoms with Crippen molar-refractivity contribution in [2.75, 3.05) is 78.3 Å². The predicted octanol–water partition coefficient (Wildman–Crippen LogP) is -2.45. The van der Waals surface area contributed by atoms with Crippen LogP contribution < -0.4 is 0 Å². The lowest BCUT2D eigenvalue weighted by atomic mass is 10.3. The van der Waals surface area contributed by atoms with Gasteiger partial charge in [0.05, 0.1) is 37.0 Å². The van der Waals surface area contributed by atoms with Crippen LogP contribution in [0.25, 0.3) is 0 Å². The maximum atomic E-state index is 11.5. The van der Waals surface area contributed by atoms with Gasteiger partial charge in [0.25, 0.3) is 0 Å². The molecule has 0 unspecified atom stereocenters. The Balaban J connectivity index is 3.53. The van der Waals surface area contributed by atoms with E-state index in [1.807, 2.05) is 0 Å². The molecule has 0 aromatic carbocycles. The zero-order valence-corrected chi connectivity index (χ0v) is 14.9. The predicted molar refractivity (Wildman–Crippen MR) is 96.3 cm³/mol. The molecule has 0 aliphatic carbocycles. The molecule has 1 saturated heterocycles. The highest BCUT2D eigenvalue weighted by atomic mass is 16.4. The Morgan fingerprint density at radius 2 is 0.643 bits per heavy atom. The van der Waals surface area contributed by atoms with Crippen LogP contribution in [0.15, 0.2) is 0 Å². The molecular weight excluding hydrogens is 376 g/mol. The minimum atomic E-state index is -3.08. The molecule has 0 spiro atoms. The molecule has 1 fully saturated rings. The van der Waals surface area contributed by atoms with E-state index in [9.17, 15) is 39.6 Å². The molecule has 12 heteroatoms. The molecule has 1 rings (SSSR count). The summed E-state index contributed by atoms with van der Waals surface area (Å²) >= 11 is 0. The van der Waals surface area contributed by atoms with Crippen molar-refractivity contribution in [3.63, 3.8) is 0 Å². The lowest BCUT2D eigenvalue weighted by molar-refractivity contribution is -0.141. The average molecular weight is 412 g/mol. The fourth-order valence-electron chi connectivity index (χ4n) is 2.40. The monoisotopic (exact) mass is 412 g/mol. The maximum Gasteiger partial charge on any atom is 0.317 e. The van der Waals surface area contributed by atoms with E-state index in [0.29, 0.717) is 19.6 Å². The number of carboxylic acids is 4. The third kappa shape index (κ3) is 10.8. The van der Waals surface area contributed by atoms with Crippen molar-refractivity contribution in [3.8, 4) is 0 Å². The van der Waals surface area contributed by atoms with E-state index in [4.69, 9.17) is 11.0 Å². The molecule has 4 N–H and O–H groups in total. The molecule has 0 saturated carbocycles. The van der Waals surface area contributed by atoms with E-state index in [1.54, 1.807) is 0 Å². The lowest BCUT2D eigenvalue weighted by Gasteiger charge is -2.32. The van der Waals surface area contributed by atoms with Crippen LogP contribution in [-0.2, 0) is 19.2 Å². The summed E-state index contributed by atoms with van der Waals surface area (Å²) in [6.45, 7) is -17.2. The van der Waals surface area contributed by atoms with Crippen LogP contribution in [0, 0.1) is 0 Å². The summed E-state index contributed by atoms with van der Waals surface area (Å²) < 4.78 is 62.8. The van der Waals surface area contributed by atoms with Gasteiger partial charge < -0.3 is 20.4 Å². The van der Waals surface area contributed by atoms with Crippen molar-refractivity contribution >= 4 is 23.9 Å². The first-order valence-corrected chi connectivity index (χ1v) is 8.14. The van der Waals surface area contributed by atoms with Crippen molar-refractivity contribution in [2.45, 2.75) is 0 Å². The number of carboxylic acid groups (broad SMARTS) is 4. The van der Waals surface area contributed by atoms with Gasteiger partial charge in [-0.1, -0.05) is 0 Å². The summed E-state index contributed by atoms with van der Waals surface area (Å²) in [6.07, 6.45) is 0. The van der Waals surface area contributed by atoms with Crippen LogP contribution in [0.2, 0.25) is 0 Å². The molecule has 0 amide bonds. The van der Waals surface area contributed by atoms with Crippen LogP contribution in [0.1, 0.15) is 11.0 Å². The normalized spacial score (nSPS) is 25.7. The molecular formula is C16H28N4O8. The van der Waals surface area contributed by atoms with Gasteiger partial charge in [-0.25, -0.2) is 0 Å². The molecule has 0 atom stereocenters. The van der Waals surface area contributed by atoms with Gasteiger partial charge in [-0.15, -0.1) is 0 Å². The Labute approximate surface area is 173 Å². The van der Waals surface area contributed by atoms with E-state index in [1.165, 1.54) is 0 Å². The summed E-state index contributed by atoms with van der Waals surface area (Å²) in [6, 6.07) is 0. The Kier molecular flexibility index (Phi) is 6.04. The zero-order chi connectivity index (χ0) is 28.3. The van der Waals surface area contributed by atoms with Crippen molar-refractivity contribution in [1.29, 1.82) is 0 Å². The van der Waals surface area contributed by atoms with Crippen LogP contribution >= 0.6 is 0 Å². The van der Waals surface area contributed by atoms with Gasteiger partial charge in [-0.05, 0) is 0 Å². The molecule has 0 aromatic heterocycles. The van der Waals surface area contributed by atoms with Gasteiger partial charge in [0.15, 0.2) is 0 Å². The van der Waals surface area contributed by atoms with Crippen LogP contribution in [0.3, 0.4) is 0 Å². The highest BCUT2D eigenvalue weighted by Crippen LogP contribution is 2.01. The van der Waals surface area contributed by atoms with Crippen LogP contribution in [0.5, 0.6) is 0 Å². The van der Waals surface area contributed by atoms with Gasteiger partial charge >= 0.3 is 23.9 Å². The van der Waals surface area contributed by atoms with Crippen molar-refractivity contribution in [2.24, 2.45) is 0 Å². The van der Waals surface area contributed by atoms with Crippen LogP contribution in [-0.4, -0.2) is 142 Å². The minimum absolute atomic E-state index is 0.609. The number of hydrogen-bond acceptors (Lipinski definition) is 8. The van der Waals surface area contributed by atoms with Crippen molar-refractivity contribution in [3.05, 3.63) is 0 Å². The topological polar surface area (TPSA) is 162 Å². The molecule has 0 radical (unpaired) electrons. The Bertz CT molecular complexity index is 710. The summed E-state index contributed by atoms with van der Waals surface area (Å²) in [5.41, 5.74) is 0. The second-order valence-electron chi connectivity index (χ2n) is 5.62. The van der Waals surface area contributed by atoms with Gasteiger partial charge in [-0.3, -0.25) is 38.8 Å². The number of rotatable bonds is 8. The third-order valence-electron chi connectivity index (χ3n) is 3.57. The number of aliphatic carboxylic acids is 4. The summed E-state index contributed by atoms with van der Waals surface area (Å²) in [7, 11) is 0. The molecule has 1 aliphatic heterocycles. The average Bonchev–Trinajstić information content (AvgIpc) is 2.72. The first-order chi connectivity index (χ1) is 16.2. The zero-order valence-electron chi connectivity index (χ0n) is 22.9. The van der Waals surface area contributed by atoms with Crippen LogP contribution in [0.4, 0.5) is 0 Å². The second kappa shape index (κ2) is 12.2. The van der Waals surface area contributed by atoms with Gasteiger partial charge in [0.1, 0.15) is 0 Å². The van der Waals surface area contributed by atoms with E-state index in [2.05, 4.69) is 0 Å². The molecule has 12 nitrogen and oxygen atoms in total. The first-order valence-electron chi connectivity index (χ1n) is 12.1. The highest BCUT2D eigenvalue weighted by Gasteiger charge is 2.20. The fourth-order valence-corrected chi connectivity index (χ4v) is 2.40. The van der Waals surface area contributed by atoms with Crippen molar-refractivity contribution < 1.29 is 50.6 Å². The summed E-state index contributed by atoms with van der Waals surface area (Å²) in [4.78, 5) is 48.6. The van der Waals surface area contributed by atoms with Gasteiger partial charge in [0, 0.05) is 52.4 Å². The van der Waals surface area contributed by atoms with E-state index in [0.717, 1.165) is 0 Å². The van der Waals surface area contributed by atoms with Gasteiger partial charge in [0.2, 0.25) is 0 Å². The van der Waals surface area contributed by atoms with E-state index >= 15 is 0 Å². The minimum Gasteiger partial charge on any atom is -0.480 e. The molecule has 28 heavy (non-hydrogen) atoms. The lowest BCUT2D eigenvalue weighted by Crippen LogP contribution is -2.49. The fraction of sp³-hybridized carbons (Fsp3) is 0.750. The molecule has 0 aromatic rings. The van der Waals surface area contributed by atoms with E-state index < -0.39 is 102 Å².